The van der Waals surface area contributed by atoms with E-state index in [1.165, 1.54) is 0 Å². The van der Waals surface area contributed by atoms with E-state index in [0.717, 1.165) is 0 Å². The van der Waals surface area contributed by atoms with Crippen LogP contribution in [0, 0.1) is 4.77 Å². The molecule has 0 fully saturated rings. The lowest BCUT2D eigenvalue weighted by Crippen LogP contribution is -2.12. The van der Waals surface area contributed by atoms with Gasteiger partial charge in [-0.3, -0.25) is 5.10 Å². The molecule has 0 spiro atoms. The summed E-state index contributed by atoms with van der Waals surface area (Å²) in [5.41, 5.74) is 0. The molecule has 0 saturated carbocycles. The van der Waals surface area contributed by atoms with Crippen LogP contribution < -0.4 is 0 Å². The van der Waals surface area contributed by atoms with E-state index in [4.69, 9.17) is 21.7 Å². The van der Waals surface area contributed by atoms with Gasteiger partial charge < -0.3 is 14.0 Å². The van der Waals surface area contributed by atoms with Crippen LogP contribution in [0.15, 0.2) is 0 Å². The normalized spacial score (nSPS) is 11.3. The maximum atomic E-state index is 11.8. The maximum Gasteiger partial charge on any atom is 0.261 e. The van der Waals surface area contributed by atoms with Crippen molar-refractivity contribution in [3.05, 3.63) is 10.6 Å². The Morgan fingerprint density at radius 1 is 1.47 bits per heavy atom. The third-order valence-corrected chi connectivity index (χ3v) is 2.38. The minimum Gasteiger partial charge on any atom is -0.383 e. The Labute approximate surface area is 103 Å². The molecule has 0 amide bonds. The Hall–Kier alpha value is -0.860. The van der Waals surface area contributed by atoms with Crippen LogP contribution in [0.5, 0.6) is 0 Å². The fourth-order valence-electron chi connectivity index (χ4n) is 1.29. The van der Waals surface area contributed by atoms with Gasteiger partial charge in [-0.2, -0.15) is 5.10 Å². The number of aromatic nitrogens is 3. The molecule has 98 valence electrons. The number of ether oxygens (including phenoxy) is 2. The molecule has 0 unspecified atom stereocenters. The van der Waals surface area contributed by atoms with Crippen LogP contribution in [0.4, 0.5) is 8.78 Å². The fraction of sp³-hybridized carbons (Fsp3) is 0.778. The lowest BCUT2D eigenvalue weighted by Gasteiger charge is -2.06. The number of hydrogen-bond donors (Lipinski definition) is 1. The Kier molecular flexibility index (Phi) is 6.23. The van der Waals surface area contributed by atoms with Gasteiger partial charge >= 0.3 is 0 Å². The lowest BCUT2D eigenvalue weighted by atomic mass is 10.4. The van der Waals surface area contributed by atoms with Gasteiger partial charge in [-0.25, -0.2) is 8.78 Å². The number of nitrogens with zero attached hydrogens (tertiary/aromatic N) is 2. The second-order valence-electron chi connectivity index (χ2n) is 3.31. The molecule has 0 saturated heterocycles. The average molecular weight is 267 g/mol. The summed E-state index contributed by atoms with van der Waals surface area (Å²) >= 11 is 5.04. The maximum absolute atomic E-state index is 11.8. The quantitative estimate of drug-likeness (QED) is 0.571. The highest BCUT2D eigenvalue weighted by Gasteiger charge is 2.07. The zero-order valence-corrected chi connectivity index (χ0v) is 10.3. The van der Waals surface area contributed by atoms with E-state index in [1.54, 1.807) is 11.7 Å². The van der Waals surface area contributed by atoms with E-state index >= 15 is 0 Å². The van der Waals surface area contributed by atoms with Gasteiger partial charge in [-0.1, -0.05) is 0 Å². The molecular formula is C9H15F2N3O2S. The zero-order valence-electron chi connectivity index (χ0n) is 9.49. The van der Waals surface area contributed by atoms with Crippen molar-refractivity contribution in [3.8, 4) is 0 Å². The first-order valence-electron chi connectivity index (χ1n) is 5.14. The molecule has 1 aromatic rings. The van der Waals surface area contributed by atoms with Crippen LogP contribution in [0.25, 0.3) is 0 Å². The molecule has 0 atom stereocenters. The Morgan fingerprint density at radius 2 is 2.24 bits per heavy atom. The van der Waals surface area contributed by atoms with Gasteiger partial charge in [0.25, 0.3) is 6.43 Å². The summed E-state index contributed by atoms with van der Waals surface area (Å²) in [5.74, 6) is 0.682. The first-order chi connectivity index (χ1) is 8.15. The highest BCUT2D eigenvalue weighted by Crippen LogP contribution is 2.01. The predicted molar refractivity (Wildman–Crippen MR) is 59.8 cm³/mol. The summed E-state index contributed by atoms with van der Waals surface area (Å²) in [5, 5.41) is 6.66. The van der Waals surface area contributed by atoms with Gasteiger partial charge in [0.2, 0.25) is 0 Å². The molecular weight excluding hydrogens is 252 g/mol. The monoisotopic (exact) mass is 267 g/mol. The van der Waals surface area contributed by atoms with Gasteiger partial charge in [0.1, 0.15) is 12.4 Å². The molecule has 0 aromatic carbocycles. The Balaban J connectivity index is 2.44. The van der Waals surface area contributed by atoms with E-state index in [0.29, 0.717) is 30.2 Å². The van der Waals surface area contributed by atoms with Crippen LogP contribution >= 0.6 is 12.2 Å². The molecule has 0 bridgehead atoms. The average Bonchev–Trinajstić information content (AvgIpc) is 2.63. The lowest BCUT2D eigenvalue weighted by molar-refractivity contribution is 0.0180. The molecule has 1 heterocycles. The van der Waals surface area contributed by atoms with Crippen LogP contribution in [0.3, 0.4) is 0 Å². The largest absolute Gasteiger partial charge is 0.383 e. The van der Waals surface area contributed by atoms with Crippen LogP contribution in [-0.4, -0.2) is 48.1 Å². The number of nitrogens with one attached hydrogen (secondary N) is 1. The molecule has 0 aliphatic heterocycles. The van der Waals surface area contributed by atoms with Crippen molar-refractivity contribution in [1.29, 1.82) is 0 Å². The van der Waals surface area contributed by atoms with Crippen molar-refractivity contribution in [2.75, 3.05) is 26.9 Å². The molecule has 1 N–H and O–H groups in total. The second-order valence-corrected chi connectivity index (χ2v) is 3.69. The van der Waals surface area contributed by atoms with Crippen LogP contribution in [0.2, 0.25) is 0 Å². The first-order valence-corrected chi connectivity index (χ1v) is 5.55. The fourth-order valence-corrected chi connectivity index (χ4v) is 1.53. The third-order valence-electron chi connectivity index (χ3n) is 2.07. The summed E-state index contributed by atoms with van der Waals surface area (Å²) in [6.45, 7) is 0.731. The number of methoxy groups -OCH3 is 1. The topological polar surface area (TPSA) is 52.1 Å². The van der Waals surface area contributed by atoms with Crippen molar-refractivity contribution in [2.24, 2.45) is 0 Å². The molecule has 0 radical (unpaired) electrons. The van der Waals surface area contributed by atoms with E-state index in [2.05, 4.69) is 10.2 Å². The number of hydrogen-bond acceptors (Lipinski definition) is 4. The number of aromatic amines is 1. The smallest absolute Gasteiger partial charge is 0.261 e. The van der Waals surface area contributed by atoms with Crippen molar-refractivity contribution in [2.45, 2.75) is 19.4 Å². The van der Waals surface area contributed by atoms with Crippen molar-refractivity contribution < 1.29 is 18.3 Å². The summed E-state index contributed by atoms with van der Waals surface area (Å²) < 4.78 is 35.6. The van der Waals surface area contributed by atoms with Gasteiger partial charge in [0.05, 0.1) is 13.2 Å². The highest BCUT2D eigenvalue weighted by molar-refractivity contribution is 7.71. The van der Waals surface area contributed by atoms with Crippen molar-refractivity contribution in [1.82, 2.24) is 14.8 Å². The van der Waals surface area contributed by atoms with E-state index in [1.807, 2.05) is 0 Å². The Bertz CT molecular complexity index is 381. The van der Waals surface area contributed by atoms with Gasteiger partial charge in [0.15, 0.2) is 4.77 Å². The van der Waals surface area contributed by atoms with E-state index in [-0.39, 0.29) is 6.61 Å². The third kappa shape index (κ3) is 4.88. The highest BCUT2D eigenvalue weighted by atomic mass is 32.1. The second kappa shape index (κ2) is 7.46. The molecule has 1 rings (SSSR count). The summed E-state index contributed by atoms with van der Waals surface area (Å²) in [6.07, 6.45) is -2.01. The minimum atomic E-state index is -2.44. The number of rotatable bonds is 8. The standard InChI is InChI=1S/C9H15F2N3O2S/c1-15-5-3-14-8(12-13-9(14)17)2-4-16-6-7(10)11/h7H,2-6H2,1H3,(H,13,17). The minimum absolute atomic E-state index is 0.191. The van der Waals surface area contributed by atoms with Crippen LogP contribution in [0.1, 0.15) is 5.82 Å². The van der Waals surface area contributed by atoms with Gasteiger partial charge in [-0.05, 0) is 12.2 Å². The van der Waals surface area contributed by atoms with Crippen molar-refractivity contribution >= 4 is 12.2 Å². The summed E-state index contributed by atoms with van der Waals surface area (Å²) in [7, 11) is 1.59. The van der Waals surface area contributed by atoms with Gasteiger partial charge in [-0.15, -0.1) is 0 Å². The number of alkyl halides is 2. The summed E-state index contributed by atoms with van der Waals surface area (Å²) in [6, 6.07) is 0. The van der Waals surface area contributed by atoms with E-state index < -0.39 is 13.0 Å². The molecule has 17 heavy (non-hydrogen) atoms. The molecule has 0 aliphatic carbocycles. The molecule has 0 aliphatic rings. The summed E-state index contributed by atoms with van der Waals surface area (Å²) in [4.78, 5) is 0. The van der Waals surface area contributed by atoms with E-state index in [9.17, 15) is 8.78 Å². The predicted octanol–water partition coefficient (Wildman–Crippen LogP) is 1.41. The SMILES string of the molecule is COCCn1c(CCOCC(F)F)n[nH]c1=S. The first kappa shape index (κ1) is 14.2. The number of halogens is 2. The Morgan fingerprint density at radius 3 is 2.88 bits per heavy atom. The van der Waals surface area contributed by atoms with Crippen molar-refractivity contribution in [3.63, 3.8) is 0 Å². The van der Waals surface area contributed by atoms with Gasteiger partial charge in [0, 0.05) is 20.1 Å². The zero-order chi connectivity index (χ0) is 12.7. The molecule has 1 aromatic heterocycles. The van der Waals surface area contributed by atoms with Crippen LogP contribution in [-0.2, 0) is 22.4 Å². The molecule has 5 nitrogen and oxygen atoms in total. The molecule has 8 heteroatoms. The number of H-pyrrole nitrogens is 1.